The molecule has 2 aliphatic rings. The molecule has 0 aromatic heterocycles. The monoisotopic (exact) mass is 466 g/mol. The maximum Gasteiger partial charge on any atom is 0.325 e. The lowest BCUT2D eigenvalue weighted by Gasteiger charge is -2.35. The number of benzene rings is 2. The molecule has 33 heavy (non-hydrogen) atoms. The second-order valence-corrected chi connectivity index (χ2v) is 11.2. The Bertz CT molecular complexity index is 1110. The van der Waals surface area contributed by atoms with E-state index in [1.165, 1.54) is 18.2 Å². The van der Waals surface area contributed by atoms with E-state index in [-0.39, 0.29) is 35.0 Å². The van der Waals surface area contributed by atoms with Crippen molar-refractivity contribution < 1.29 is 22.7 Å². The Morgan fingerprint density at radius 2 is 1.61 bits per heavy atom. The molecule has 0 aliphatic heterocycles. The van der Waals surface area contributed by atoms with Gasteiger partial charge in [-0.3, -0.25) is 9.59 Å². The van der Waals surface area contributed by atoms with E-state index in [9.17, 15) is 18.0 Å². The highest BCUT2D eigenvalue weighted by Gasteiger charge is 2.46. The van der Waals surface area contributed by atoms with Gasteiger partial charge in [0, 0.05) is 12.3 Å². The minimum atomic E-state index is -4.05. The maximum absolute atomic E-state index is 13.7. The minimum Gasteiger partial charge on any atom is -0.461 e. The average molecular weight is 467 g/mol. The van der Waals surface area contributed by atoms with Crippen molar-refractivity contribution in [2.45, 2.75) is 61.2 Å². The van der Waals surface area contributed by atoms with Crippen LogP contribution in [0.3, 0.4) is 0 Å². The quantitative estimate of drug-likeness (QED) is 0.567. The van der Waals surface area contributed by atoms with Gasteiger partial charge in [-0.15, -0.1) is 0 Å². The topological polar surface area (TPSA) is 77.5 Å². The third-order valence-corrected chi connectivity index (χ3v) is 9.06. The first kappa shape index (κ1) is 23.4. The molecule has 0 bridgehead atoms. The zero-order chi connectivity index (χ0) is 23.4. The van der Waals surface area contributed by atoms with Crippen LogP contribution in [0.1, 0.15) is 50.5 Å². The van der Waals surface area contributed by atoms with Crippen molar-refractivity contribution in [2.75, 3.05) is 0 Å². The van der Waals surface area contributed by atoms with Gasteiger partial charge in [-0.25, -0.2) is 8.42 Å². The van der Waals surface area contributed by atoms with Crippen LogP contribution in [-0.4, -0.2) is 31.5 Å². The fraction of sp³-hybridized carbons (Fsp3) is 0.407. The molecule has 2 aliphatic carbocycles. The molecule has 0 saturated heterocycles. The average Bonchev–Trinajstić information content (AvgIpc) is 2.83. The van der Waals surface area contributed by atoms with E-state index in [2.05, 4.69) is 0 Å². The number of ketones is 1. The van der Waals surface area contributed by atoms with Crippen LogP contribution < -0.4 is 0 Å². The summed E-state index contributed by atoms with van der Waals surface area (Å²) in [5, 5.41) is -1.43. The van der Waals surface area contributed by atoms with Gasteiger partial charge in [-0.2, -0.15) is 0 Å². The summed E-state index contributed by atoms with van der Waals surface area (Å²) in [7, 11) is -4.05. The summed E-state index contributed by atoms with van der Waals surface area (Å²) in [5.74, 6) is -1.78. The van der Waals surface area contributed by atoms with Crippen LogP contribution >= 0.6 is 0 Å². The van der Waals surface area contributed by atoms with Gasteiger partial charge in [0.25, 0.3) is 0 Å². The third-order valence-electron chi connectivity index (χ3n) is 6.92. The van der Waals surface area contributed by atoms with Gasteiger partial charge >= 0.3 is 5.97 Å². The molecule has 174 valence electrons. The van der Waals surface area contributed by atoms with E-state index in [4.69, 9.17) is 4.74 Å². The number of rotatable bonds is 6. The molecular weight excluding hydrogens is 436 g/mol. The predicted octanol–water partition coefficient (Wildman–Crippen LogP) is 4.88. The second kappa shape index (κ2) is 10.0. The Morgan fingerprint density at radius 1 is 0.970 bits per heavy atom. The molecule has 0 radical (unpaired) electrons. The van der Waals surface area contributed by atoms with Crippen LogP contribution in [0.4, 0.5) is 0 Å². The summed E-state index contributed by atoms with van der Waals surface area (Å²) < 4.78 is 33.4. The zero-order valence-corrected chi connectivity index (χ0v) is 19.6. The number of hydrogen-bond donors (Lipinski definition) is 0. The maximum atomic E-state index is 13.7. The van der Waals surface area contributed by atoms with Crippen molar-refractivity contribution in [3.8, 4) is 0 Å². The Labute approximate surface area is 195 Å². The SMILES string of the molecule is CC1C=CC(=O)CC1C(C(=O)O[C@H]1CCCC[C@@H]1c1ccccc1)S(=O)(=O)c1ccccc1. The first-order chi connectivity index (χ1) is 15.9. The number of esters is 1. The van der Waals surface area contributed by atoms with E-state index in [0.29, 0.717) is 6.42 Å². The zero-order valence-electron chi connectivity index (χ0n) is 18.8. The van der Waals surface area contributed by atoms with Crippen molar-refractivity contribution >= 4 is 21.6 Å². The normalized spacial score (nSPS) is 26.5. The number of hydrogen-bond acceptors (Lipinski definition) is 5. The van der Waals surface area contributed by atoms with Crippen molar-refractivity contribution in [1.29, 1.82) is 0 Å². The van der Waals surface area contributed by atoms with Crippen LogP contribution in [0.5, 0.6) is 0 Å². The number of ether oxygens (including phenoxy) is 1. The summed E-state index contributed by atoms with van der Waals surface area (Å²) in [6.45, 7) is 1.85. The van der Waals surface area contributed by atoms with Crippen LogP contribution in [0.2, 0.25) is 0 Å². The van der Waals surface area contributed by atoms with Gasteiger partial charge in [0.05, 0.1) is 4.90 Å². The van der Waals surface area contributed by atoms with E-state index < -0.39 is 27.0 Å². The molecule has 0 N–H and O–H groups in total. The molecular formula is C27H30O5S. The van der Waals surface area contributed by atoms with Gasteiger partial charge in [-0.1, -0.05) is 68.0 Å². The Morgan fingerprint density at radius 3 is 2.30 bits per heavy atom. The van der Waals surface area contributed by atoms with Crippen LogP contribution in [0, 0.1) is 11.8 Å². The van der Waals surface area contributed by atoms with E-state index in [0.717, 1.165) is 24.8 Å². The van der Waals surface area contributed by atoms with Crippen molar-refractivity contribution in [1.82, 2.24) is 0 Å². The number of sulfone groups is 1. The van der Waals surface area contributed by atoms with Crippen molar-refractivity contribution in [3.63, 3.8) is 0 Å². The number of allylic oxidation sites excluding steroid dienone is 2. The van der Waals surface area contributed by atoms with Gasteiger partial charge < -0.3 is 4.74 Å². The summed E-state index contributed by atoms with van der Waals surface area (Å²) >= 11 is 0. The lowest BCUT2D eigenvalue weighted by molar-refractivity contribution is -0.152. The molecule has 1 saturated carbocycles. The molecule has 4 rings (SSSR count). The van der Waals surface area contributed by atoms with Gasteiger partial charge in [-0.05, 0) is 54.9 Å². The highest BCUT2D eigenvalue weighted by atomic mass is 32.2. The summed E-state index contributed by atoms with van der Waals surface area (Å²) in [4.78, 5) is 25.9. The molecule has 6 heteroatoms. The van der Waals surface area contributed by atoms with Gasteiger partial charge in [0.15, 0.2) is 20.9 Å². The van der Waals surface area contributed by atoms with Crippen molar-refractivity contribution in [2.24, 2.45) is 11.8 Å². The molecule has 0 spiro atoms. The summed E-state index contributed by atoms with van der Waals surface area (Å²) in [6, 6.07) is 17.9. The van der Waals surface area contributed by atoms with Crippen LogP contribution in [0.15, 0.2) is 77.7 Å². The fourth-order valence-corrected chi connectivity index (χ4v) is 7.04. The largest absolute Gasteiger partial charge is 0.461 e. The van der Waals surface area contributed by atoms with Crippen LogP contribution in [0.25, 0.3) is 0 Å². The van der Waals surface area contributed by atoms with E-state index in [1.807, 2.05) is 37.3 Å². The first-order valence-corrected chi connectivity index (χ1v) is 13.2. The lowest BCUT2D eigenvalue weighted by Crippen LogP contribution is -2.45. The smallest absolute Gasteiger partial charge is 0.325 e. The lowest BCUT2D eigenvalue weighted by atomic mass is 9.81. The van der Waals surface area contributed by atoms with E-state index in [1.54, 1.807) is 24.3 Å². The van der Waals surface area contributed by atoms with Crippen molar-refractivity contribution in [3.05, 3.63) is 78.4 Å². The molecule has 1 fully saturated rings. The second-order valence-electron chi connectivity index (χ2n) is 9.11. The highest BCUT2D eigenvalue weighted by Crippen LogP contribution is 2.38. The molecule has 0 heterocycles. The number of carbonyl (C=O) groups is 2. The molecule has 0 amide bonds. The first-order valence-electron chi connectivity index (χ1n) is 11.6. The molecule has 5 atom stereocenters. The number of carbonyl (C=O) groups excluding carboxylic acids is 2. The highest BCUT2D eigenvalue weighted by molar-refractivity contribution is 7.92. The van der Waals surface area contributed by atoms with Gasteiger partial charge in [0.1, 0.15) is 6.10 Å². The van der Waals surface area contributed by atoms with E-state index >= 15 is 0 Å². The minimum absolute atomic E-state index is 0.0102. The molecule has 5 nitrogen and oxygen atoms in total. The Hall–Kier alpha value is -2.73. The fourth-order valence-electron chi connectivity index (χ4n) is 5.09. The Balaban J connectivity index is 1.67. The predicted molar refractivity (Wildman–Crippen MR) is 126 cm³/mol. The molecule has 2 aromatic rings. The molecule has 2 aromatic carbocycles. The van der Waals surface area contributed by atoms with Crippen LogP contribution in [-0.2, 0) is 24.2 Å². The Kier molecular flexibility index (Phi) is 7.13. The summed E-state index contributed by atoms with van der Waals surface area (Å²) in [6.07, 6.45) is 6.36. The third kappa shape index (κ3) is 5.11. The standard InChI is InChI=1S/C27H30O5S/c1-19-16-17-21(28)18-24(19)26(33(30,31)22-12-6-3-7-13-22)27(29)32-25-15-9-8-14-23(25)20-10-4-2-5-11-20/h2-7,10-13,16-17,19,23-26H,8-9,14-15,18H2,1H3/t19?,23-,24?,25+,26?/m1/s1. The summed E-state index contributed by atoms with van der Waals surface area (Å²) in [5.41, 5.74) is 1.10. The molecule has 3 unspecified atom stereocenters. The van der Waals surface area contributed by atoms with Gasteiger partial charge in [0.2, 0.25) is 0 Å².